The van der Waals surface area contributed by atoms with Crippen molar-refractivity contribution in [3.8, 4) is 11.6 Å². The summed E-state index contributed by atoms with van der Waals surface area (Å²) in [7, 11) is 0. The zero-order valence-corrected chi connectivity index (χ0v) is 14.2. The van der Waals surface area contributed by atoms with Crippen molar-refractivity contribution in [2.45, 2.75) is 18.3 Å². The van der Waals surface area contributed by atoms with E-state index in [1.54, 1.807) is 0 Å². The molecule has 10 heteroatoms. The fourth-order valence-corrected chi connectivity index (χ4v) is 2.70. The molecular formula is C18H14F4N2O4. The van der Waals surface area contributed by atoms with E-state index in [9.17, 15) is 27.2 Å². The third-order valence-corrected chi connectivity index (χ3v) is 4.28. The van der Waals surface area contributed by atoms with Crippen molar-refractivity contribution in [1.29, 1.82) is 0 Å². The first-order valence-corrected chi connectivity index (χ1v) is 8.11. The summed E-state index contributed by atoms with van der Waals surface area (Å²) in [6.07, 6.45) is -4.14. The van der Waals surface area contributed by atoms with Crippen LogP contribution in [0.3, 0.4) is 0 Å². The second kappa shape index (κ2) is 7.10. The number of halogens is 4. The molecule has 1 amide bonds. The van der Waals surface area contributed by atoms with Crippen LogP contribution in [0.5, 0.6) is 11.6 Å². The molecular weight excluding hydrogens is 384 g/mol. The smallest absolute Gasteiger partial charge is 0.417 e. The van der Waals surface area contributed by atoms with Crippen molar-refractivity contribution in [3.63, 3.8) is 0 Å². The summed E-state index contributed by atoms with van der Waals surface area (Å²) in [4.78, 5) is 28.0. The summed E-state index contributed by atoms with van der Waals surface area (Å²) in [6.45, 7) is -0.551. The molecule has 1 saturated heterocycles. The molecule has 1 aromatic carbocycles. The SMILES string of the molecule is O=C(c1ccc(Oc2ccc(C(F)(F)F)cn2)cc1)N1CCC(F)(C(=O)O)C1. The van der Waals surface area contributed by atoms with Gasteiger partial charge >= 0.3 is 12.1 Å². The van der Waals surface area contributed by atoms with E-state index in [1.807, 2.05) is 0 Å². The molecule has 0 bridgehead atoms. The lowest BCUT2D eigenvalue weighted by Gasteiger charge is -2.18. The van der Waals surface area contributed by atoms with Gasteiger partial charge in [0.2, 0.25) is 11.5 Å². The lowest BCUT2D eigenvalue weighted by Crippen LogP contribution is -2.38. The molecule has 1 atom stereocenters. The number of aliphatic carboxylic acids is 1. The summed E-state index contributed by atoms with van der Waals surface area (Å²) in [5.74, 6) is -1.96. The van der Waals surface area contributed by atoms with Gasteiger partial charge in [0, 0.05) is 30.8 Å². The number of carboxylic acids is 1. The molecule has 0 radical (unpaired) electrons. The van der Waals surface area contributed by atoms with Gasteiger partial charge in [-0.3, -0.25) is 4.79 Å². The normalized spacial score (nSPS) is 19.5. The Hall–Kier alpha value is -3.17. The zero-order valence-electron chi connectivity index (χ0n) is 14.2. The number of pyridine rings is 1. The topological polar surface area (TPSA) is 79.7 Å². The van der Waals surface area contributed by atoms with Gasteiger partial charge in [-0.1, -0.05) is 0 Å². The van der Waals surface area contributed by atoms with Crippen LogP contribution in [0.4, 0.5) is 17.6 Å². The fourth-order valence-electron chi connectivity index (χ4n) is 2.70. The van der Waals surface area contributed by atoms with Crippen molar-refractivity contribution < 1.29 is 37.0 Å². The first kappa shape index (κ1) is 19.6. The van der Waals surface area contributed by atoms with E-state index >= 15 is 0 Å². The van der Waals surface area contributed by atoms with Crippen LogP contribution in [0.25, 0.3) is 0 Å². The summed E-state index contributed by atoms with van der Waals surface area (Å²) in [6, 6.07) is 7.49. The molecule has 6 nitrogen and oxygen atoms in total. The fraction of sp³-hybridized carbons (Fsp3) is 0.278. The highest BCUT2D eigenvalue weighted by Crippen LogP contribution is 2.30. The molecule has 3 rings (SSSR count). The monoisotopic (exact) mass is 398 g/mol. The van der Waals surface area contributed by atoms with E-state index in [0.717, 1.165) is 17.0 Å². The first-order chi connectivity index (χ1) is 13.1. The van der Waals surface area contributed by atoms with Gasteiger partial charge in [-0.25, -0.2) is 14.2 Å². The highest BCUT2D eigenvalue weighted by molar-refractivity contribution is 5.95. The first-order valence-electron chi connectivity index (χ1n) is 8.11. The molecule has 1 aliphatic rings. The average molecular weight is 398 g/mol. The molecule has 28 heavy (non-hydrogen) atoms. The second-order valence-corrected chi connectivity index (χ2v) is 6.26. The Labute approximate surface area is 156 Å². The van der Waals surface area contributed by atoms with E-state index in [0.29, 0.717) is 6.20 Å². The molecule has 2 heterocycles. The minimum Gasteiger partial charge on any atom is -0.479 e. The van der Waals surface area contributed by atoms with Gasteiger partial charge in [0.15, 0.2) is 0 Å². The van der Waals surface area contributed by atoms with Crippen molar-refractivity contribution >= 4 is 11.9 Å². The van der Waals surface area contributed by atoms with E-state index in [-0.39, 0.29) is 30.2 Å². The van der Waals surface area contributed by atoms with Crippen LogP contribution in [0.2, 0.25) is 0 Å². The number of aromatic nitrogens is 1. The quantitative estimate of drug-likeness (QED) is 0.797. The number of likely N-dealkylation sites (tertiary alicyclic amines) is 1. The third kappa shape index (κ3) is 4.05. The number of amides is 1. The van der Waals surface area contributed by atoms with Gasteiger partial charge in [0.1, 0.15) is 5.75 Å². The maximum absolute atomic E-state index is 14.1. The number of carboxylic acid groups (broad SMARTS) is 1. The van der Waals surface area contributed by atoms with Crippen molar-refractivity contribution in [3.05, 3.63) is 53.7 Å². The van der Waals surface area contributed by atoms with Crippen LogP contribution in [-0.2, 0) is 11.0 Å². The van der Waals surface area contributed by atoms with E-state index < -0.39 is 35.8 Å². The van der Waals surface area contributed by atoms with Gasteiger partial charge < -0.3 is 14.7 Å². The summed E-state index contributed by atoms with van der Waals surface area (Å²) < 4.78 is 57.0. The van der Waals surface area contributed by atoms with Crippen LogP contribution in [0, 0.1) is 0 Å². The minimum absolute atomic E-state index is 0.0185. The van der Waals surface area contributed by atoms with Gasteiger partial charge in [0.05, 0.1) is 12.1 Å². The maximum Gasteiger partial charge on any atom is 0.417 e. The van der Waals surface area contributed by atoms with Gasteiger partial charge in [-0.05, 0) is 30.3 Å². The highest BCUT2D eigenvalue weighted by Gasteiger charge is 2.47. The predicted molar refractivity (Wildman–Crippen MR) is 87.8 cm³/mol. The molecule has 1 unspecified atom stereocenters. The maximum atomic E-state index is 14.1. The van der Waals surface area contributed by atoms with Crippen LogP contribution < -0.4 is 4.74 Å². The lowest BCUT2D eigenvalue weighted by molar-refractivity contribution is -0.149. The second-order valence-electron chi connectivity index (χ2n) is 6.26. The summed E-state index contributed by atoms with van der Waals surface area (Å²) in [5, 5.41) is 8.88. The number of ether oxygens (including phenoxy) is 1. The number of hydrogen-bond donors (Lipinski definition) is 1. The predicted octanol–water partition coefficient (Wildman–Crippen LogP) is 3.53. The van der Waals surface area contributed by atoms with Gasteiger partial charge in [-0.15, -0.1) is 0 Å². The van der Waals surface area contributed by atoms with Crippen molar-refractivity contribution in [1.82, 2.24) is 9.88 Å². The Kier molecular flexibility index (Phi) is 4.97. The molecule has 0 spiro atoms. The molecule has 0 saturated carbocycles. The number of carbonyl (C=O) groups is 2. The van der Waals surface area contributed by atoms with Gasteiger partial charge in [-0.2, -0.15) is 13.2 Å². The highest BCUT2D eigenvalue weighted by atomic mass is 19.4. The van der Waals surface area contributed by atoms with Crippen LogP contribution in [-0.4, -0.2) is 45.6 Å². The van der Waals surface area contributed by atoms with Crippen molar-refractivity contribution in [2.24, 2.45) is 0 Å². The molecule has 0 aliphatic carbocycles. The van der Waals surface area contributed by atoms with E-state index in [4.69, 9.17) is 9.84 Å². The minimum atomic E-state index is -4.50. The molecule has 148 valence electrons. The Morgan fingerprint density at radius 2 is 1.82 bits per heavy atom. The number of carbonyl (C=O) groups excluding carboxylic acids is 1. The summed E-state index contributed by atoms with van der Waals surface area (Å²) in [5.41, 5.74) is -3.16. The van der Waals surface area contributed by atoms with Crippen molar-refractivity contribution in [2.75, 3.05) is 13.1 Å². The molecule has 2 aromatic rings. The Balaban J connectivity index is 1.65. The summed E-state index contributed by atoms with van der Waals surface area (Å²) >= 11 is 0. The molecule has 1 aromatic heterocycles. The largest absolute Gasteiger partial charge is 0.479 e. The van der Waals surface area contributed by atoms with E-state index in [1.165, 1.54) is 24.3 Å². The number of alkyl halides is 4. The molecule has 1 fully saturated rings. The Morgan fingerprint density at radius 1 is 1.14 bits per heavy atom. The number of benzene rings is 1. The van der Waals surface area contributed by atoms with E-state index in [2.05, 4.69) is 4.98 Å². The Bertz CT molecular complexity index is 884. The Morgan fingerprint density at radius 3 is 2.32 bits per heavy atom. The molecule has 1 N–H and O–H groups in total. The third-order valence-electron chi connectivity index (χ3n) is 4.28. The average Bonchev–Trinajstić information content (AvgIpc) is 3.05. The number of rotatable bonds is 4. The number of nitrogens with zero attached hydrogens (tertiary/aromatic N) is 2. The lowest BCUT2D eigenvalue weighted by atomic mass is 10.1. The van der Waals surface area contributed by atoms with Gasteiger partial charge in [0.25, 0.3) is 5.91 Å². The van der Waals surface area contributed by atoms with Crippen LogP contribution in [0.15, 0.2) is 42.6 Å². The number of hydrogen-bond acceptors (Lipinski definition) is 4. The van der Waals surface area contributed by atoms with Crippen LogP contribution >= 0.6 is 0 Å². The molecule has 1 aliphatic heterocycles. The standard InChI is InChI=1S/C18H14F4N2O4/c19-17(16(26)27)7-8-24(10-17)15(25)11-1-4-13(5-2-11)28-14-6-3-12(9-23-14)18(20,21)22/h1-6,9H,7-8,10H2,(H,26,27). The van der Waals surface area contributed by atoms with Crippen LogP contribution in [0.1, 0.15) is 22.3 Å². The zero-order chi connectivity index (χ0) is 20.5.